The normalized spacial score (nSPS) is 14.3. The quantitative estimate of drug-likeness (QED) is 0.754. The summed E-state index contributed by atoms with van der Waals surface area (Å²) in [5.41, 5.74) is 3.51. The predicted octanol–water partition coefficient (Wildman–Crippen LogP) is 2.80. The second-order valence-electron chi connectivity index (χ2n) is 5.71. The van der Waals surface area contributed by atoms with Crippen LogP contribution in [0.1, 0.15) is 37.3 Å². The number of carbonyl (C=O) groups excluding carboxylic acids is 1. The van der Waals surface area contributed by atoms with Crippen LogP contribution in [0.25, 0.3) is 0 Å². The third kappa shape index (κ3) is 4.77. The smallest absolute Gasteiger partial charge is 0.319 e. The van der Waals surface area contributed by atoms with Crippen molar-refractivity contribution in [1.82, 2.24) is 5.32 Å². The van der Waals surface area contributed by atoms with Gasteiger partial charge in [-0.3, -0.25) is 4.79 Å². The summed E-state index contributed by atoms with van der Waals surface area (Å²) < 4.78 is 0. The summed E-state index contributed by atoms with van der Waals surface area (Å²) in [6.07, 6.45) is 4.09. The fourth-order valence-corrected chi connectivity index (χ4v) is 2.56. The van der Waals surface area contributed by atoms with E-state index in [2.05, 4.69) is 16.7 Å². The van der Waals surface area contributed by atoms with Crippen LogP contribution in [0.5, 0.6) is 0 Å². The molecule has 0 saturated heterocycles. The van der Waals surface area contributed by atoms with E-state index in [0.29, 0.717) is 13.0 Å². The number of amides is 2. The zero-order chi connectivity index (χ0) is 15.2. The van der Waals surface area contributed by atoms with Crippen molar-refractivity contribution < 1.29 is 14.7 Å². The molecule has 5 nitrogen and oxygen atoms in total. The molecule has 0 saturated carbocycles. The summed E-state index contributed by atoms with van der Waals surface area (Å²) in [5.74, 6) is -0.656. The lowest BCUT2D eigenvalue weighted by Gasteiger charge is -2.13. The number of carboxylic acids is 1. The Morgan fingerprint density at radius 3 is 2.81 bits per heavy atom. The van der Waals surface area contributed by atoms with Gasteiger partial charge in [0.1, 0.15) is 0 Å². The maximum absolute atomic E-state index is 11.8. The lowest BCUT2D eigenvalue weighted by Crippen LogP contribution is -2.32. The maximum atomic E-state index is 11.8. The monoisotopic (exact) mass is 290 g/mol. The Hall–Kier alpha value is -2.04. The number of carbonyl (C=O) groups is 2. The molecule has 1 aliphatic rings. The van der Waals surface area contributed by atoms with E-state index in [9.17, 15) is 9.59 Å². The van der Waals surface area contributed by atoms with Crippen molar-refractivity contribution in [3.63, 3.8) is 0 Å². The van der Waals surface area contributed by atoms with Crippen LogP contribution in [-0.2, 0) is 17.6 Å². The molecule has 1 atom stereocenters. The number of hydrogen-bond donors (Lipinski definition) is 3. The first kappa shape index (κ1) is 15.4. The van der Waals surface area contributed by atoms with E-state index >= 15 is 0 Å². The van der Waals surface area contributed by atoms with Gasteiger partial charge in [-0.15, -0.1) is 0 Å². The Morgan fingerprint density at radius 1 is 1.29 bits per heavy atom. The molecule has 2 amide bonds. The van der Waals surface area contributed by atoms with Crippen LogP contribution < -0.4 is 10.6 Å². The number of anilines is 1. The largest absolute Gasteiger partial charge is 0.481 e. The SMILES string of the molecule is CC(CCC(=O)O)CNC(=O)Nc1ccc2c(c1)CCC2. The molecule has 0 fully saturated rings. The summed E-state index contributed by atoms with van der Waals surface area (Å²) in [4.78, 5) is 22.3. The van der Waals surface area contributed by atoms with Crippen LogP contribution >= 0.6 is 0 Å². The highest BCUT2D eigenvalue weighted by Crippen LogP contribution is 2.24. The summed E-state index contributed by atoms with van der Waals surface area (Å²) in [7, 11) is 0. The summed E-state index contributed by atoms with van der Waals surface area (Å²) >= 11 is 0. The molecule has 21 heavy (non-hydrogen) atoms. The van der Waals surface area contributed by atoms with Gasteiger partial charge in [0, 0.05) is 18.7 Å². The Labute approximate surface area is 124 Å². The van der Waals surface area contributed by atoms with Gasteiger partial charge in [0.25, 0.3) is 0 Å². The van der Waals surface area contributed by atoms with Gasteiger partial charge in [-0.2, -0.15) is 0 Å². The summed E-state index contributed by atoms with van der Waals surface area (Å²) in [6, 6.07) is 5.80. The highest BCUT2D eigenvalue weighted by atomic mass is 16.4. The minimum atomic E-state index is -0.801. The van der Waals surface area contributed by atoms with E-state index in [0.717, 1.165) is 18.5 Å². The molecule has 0 radical (unpaired) electrons. The fraction of sp³-hybridized carbons (Fsp3) is 0.500. The van der Waals surface area contributed by atoms with E-state index in [4.69, 9.17) is 5.11 Å². The first-order valence-electron chi connectivity index (χ1n) is 7.43. The molecule has 0 heterocycles. The van der Waals surface area contributed by atoms with Gasteiger partial charge in [-0.1, -0.05) is 13.0 Å². The molecule has 0 aromatic heterocycles. The van der Waals surface area contributed by atoms with Gasteiger partial charge in [0.05, 0.1) is 0 Å². The van der Waals surface area contributed by atoms with Crippen molar-refractivity contribution in [2.24, 2.45) is 5.92 Å². The van der Waals surface area contributed by atoms with Crippen molar-refractivity contribution in [3.8, 4) is 0 Å². The first-order chi connectivity index (χ1) is 10.0. The summed E-state index contributed by atoms with van der Waals surface area (Å²) in [5, 5.41) is 14.2. The van der Waals surface area contributed by atoms with E-state index in [-0.39, 0.29) is 18.4 Å². The number of aliphatic carboxylic acids is 1. The molecule has 0 aliphatic heterocycles. The zero-order valence-corrected chi connectivity index (χ0v) is 12.3. The number of aryl methyl sites for hydroxylation is 2. The number of rotatable bonds is 6. The Bertz CT molecular complexity index is 528. The van der Waals surface area contributed by atoms with Gasteiger partial charge >= 0.3 is 12.0 Å². The topological polar surface area (TPSA) is 78.4 Å². The van der Waals surface area contributed by atoms with Gasteiger partial charge in [0.2, 0.25) is 0 Å². The number of carboxylic acid groups (broad SMARTS) is 1. The van der Waals surface area contributed by atoms with Crippen molar-refractivity contribution in [2.75, 3.05) is 11.9 Å². The lowest BCUT2D eigenvalue weighted by atomic mass is 10.1. The molecular formula is C16H22N2O3. The standard InChI is InChI=1S/C16H22N2O3/c1-11(5-8-15(19)20)10-17-16(21)18-14-7-6-12-3-2-4-13(12)9-14/h6-7,9,11H,2-5,8,10H2,1H3,(H,19,20)(H2,17,18,21). The molecule has 0 bridgehead atoms. The fourth-order valence-electron chi connectivity index (χ4n) is 2.56. The third-order valence-corrected chi connectivity index (χ3v) is 3.82. The Kier molecular flexibility index (Phi) is 5.20. The number of benzene rings is 1. The minimum absolute atomic E-state index is 0.134. The average Bonchev–Trinajstić information content (AvgIpc) is 2.90. The minimum Gasteiger partial charge on any atom is -0.481 e. The molecule has 1 aromatic carbocycles. The van der Waals surface area contributed by atoms with Gasteiger partial charge < -0.3 is 15.7 Å². The maximum Gasteiger partial charge on any atom is 0.319 e. The van der Waals surface area contributed by atoms with Crippen LogP contribution in [0, 0.1) is 5.92 Å². The highest BCUT2D eigenvalue weighted by Gasteiger charge is 2.12. The molecule has 1 aromatic rings. The second-order valence-corrected chi connectivity index (χ2v) is 5.71. The molecule has 3 N–H and O–H groups in total. The number of urea groups is 1. The van der Waals surface area contributed by atoms with E-state index in [1.807, 2.05) is 19.1 Å². The molecular weight excluding hydrogens is 268 g/mol. The molecule has 1 aliphatic carbocycles. The zero-order valence-electron chi connectivity index (χ0n) is 12.3. The first-order valence-corrected chi connectivity index (χ1v) is 7.43. The van der Waals surface area contributed by atoms with Gasteiger partial charge in [-0.05, 0) is 54.9 Å². The van der Waals surface area contributed by atoms with Crippen molar-refractivity contribution in [2.45, 2.75) is 39.0 Å². The number of nitrogens with one attached hydrogen (secondary N) is 2. The van der Waals surface area contributed by atoms with Crippen LogP contribution in [0.2, 0.25) is 0 Å². The van der Waals surface area contributed by atoms with Crippen LogP contribution in [-0.4, -0.2) is 23.7 Å². The van der Waals surface area contributed by atoms with E-state index < -0.39 is 5.97 Å². The van der Waals surface area contributed by atoms with E-state index in [1.54, 1.807) is 0 Å². The third-order valence-electron chi connectivity index (χ3n) is 3.82. The number of fused-ring (bicyclic) bond motifs is 1. The summed E-state index contributed by atoms with van der Waals surface area (Å²) in [6.45, 7) is 2.41. The highest BCUT2D eigenvalue weighted by molar-refractivity contribution is 5.89. The molecule has 114 valence electrons. The Morgan fingerprint density at radius 2 is 2.05 bits per heavy atom. The predicted molar refractivity (Wildman–Crippen MR) is 81.5 cm³/mol. The molecule has 2 rings (SSSR count). The van der Waals surface area contributed by atoms with E-state index in [1.165, 1.54) is 17.5 Å². The second kappa shape index (κ2) is 7.11. The molecule has 5 heteroatoms. The number of hydrogen-bond acceptors (Lipinski definition) is 2. The van der Waals surface area contributed by atoms with Crippen LogP contribution in [0.4, 0.5) is 10.5 Å². The van der Waals surface area contributed by atoms with Gasteiger partial charge in [-0.25, -0.2) is 4.79 Å². The Balaban J connectivity index is 1.75. The van der Waals surface area contributed by atoms with Gasteiger partial charge in [0.15, 0.2) is 0 Å². The van der Waals surface area contributed by atoms with Crippen LogP contribution in [0.3, 0.4) is 0 Å². The lowest BCUT2D eigenvalue weighted by molar-refractivity contribution is -0.137. The van der Waals surface area contributed by atoms with Crippen LogP contribution in [0.15, 0.2) is 18.2 Å². The van der Waals surface area contributed by atoms with Crippen molar-refractivity contribution in [1.29, 1.82) is 0 Å². The average molecular weight is 290 g/mol. The van der Waals surface area contributed by atoms with Crippen molar-refractivity contribution >= 4 is 17.7 Å². The van der Waals surface area contributed by atoms with Crippen molar-refractivity contribution in [3.05, 3.63) is 29.3 Å². The molecule has 1 unspecified atom stereocenters. The molecule has 0 spiro atoms.